The van der Waals surface area contributed by atoms with E-state index in [1.807, 2.05) is 20.8 Å². The Hall–Kier alpha value is -0.770. The third kappa shape index (κ3) is 4.37. The van der Waals surface area contributed by atoms with Crippen LogP contribution in [0.2, 0.25) is 0 Å². The van der Waals surface area contributed by atoms with Gasteiger partial charge in [-0.15, -0.1) is 0 Å². The molecule has 2 rings (SSSR count). The van der Waals surface area contributed by atoms with Crippen LogP contribution in [-0.2, 0) is 9.47 Å². The molecule has 1 amide bonds. The van der Waals surface area contributed by atoms with Crippen molar-refractivity contribution in [1.29, 1.82) is 0 Å². The second-order valence-electron chi connectivity index (χ2n) is 6.87. The Morgan fingerprint density at radius 1 is 1.42 bits per heavy atom. The van der Waals surface area contributed by atoms with Gasteiger partial charge in [0, 0.05) is 6.54 Å². The molecule has 0 aromatic carbocycles. The van der Waals surface area contributed by atoms with Crippen molar-refractivity contribution in [3.8, 4) is 0 Å². The van der Waals surface area contributed by atoms with Crippen LogP contribution >= 0.6 is 0 Å². The highest BCUT2D eigenvalue weighted by molar-refractivity contribution is 5.67. The van der Waals surface area contributed by atoms with Crippen molar-refractivity contribution in [2.75, 3.05) is 13.2 Å². The van der Waals surface area contributed by atoms with E-state index in [-0.39, 0.29) is 11.7 Å². The molecule has 19 heavy (non-hydrogen) atoms. The van der Waals surface area contributed by atoms with Gasteiger partial charge in [-0.05, 0) is 52.4 Å². The van der Waals surface area contributed by atoms with Gasteiger partial charge in [0.2, 0.25) is 0 Å². The Morgan fingerprint density at radius 2 is 2.16 bits per heavy atom. The fraction of sp³-hybridized carbons (Fsp3) is 0.933. The molecule has 0 bridgehead atoms. The normalized spacial score (nSPS) is 30.2. The van der Waals surface area contributed by atoms with Gasteiger partial charge in [-0.2, -0.15) is 0 Å². The zero-order chi connectivity index (χ0) is 13.9. The molecule has 1 aliphatic carbocycles. The first-order valence-electron chi connectivity index (χ1n) is 7.52. The number of rotatable bonds is 4. The van der Waals surface area contributed by atoms with Crippen LogP contribution in [-0.4, -0.2) is 30.4 Å². The summed E-state index contributed by atoms with van der Waals surface area (Å²) in [5, 5.41) is 2.82. The van der Waals surface area contributed by atoms with Crippen molar-refractivity contribution in [3.63, 3.8) is 0 Å². The third-order valence-electron chi connectivity index (χ3n) is 4.06. The molecule has 2 aliphatic rings. The van der Waals surface area contributed by atoms with Crippen molar-refractivity contribution in [3.05, 3.63) is 0 Å². The number of epoxide rings is 1. The maximum absolute atomic E-state index is 11.5. The van der Waals surface area contributed by atoms with Gasteiger partial charge < -0.3 is 14.8 Å². The first-order chi connectivity index (χ1) is 8.91. The zero-order valence-electron chi connectivity index (χ0n) is 12.5. The molecular formula is C15H27NO3. The molecule has 1 spiro atoms. The van der Waals surface area contributed by atoms with Crippen LogP contribution in [0.25, 0.3) is 0 Å². The number of amides is 1. The maximum atomic E-state index is 11.5. The predicted molar refractivity (Wildman–Crippen MR) is 74.1 cm³/mol. The summed E-state index contributed by atoms with van der Waals surface area (Å²) in [7, 11) is 0. The number of carbonyl (C=O) groups excluding carboxylic acids is 1. The number of alkyl carbamates (subject to hydrolysis) is 1. The van der Waals surface area contributed by atoms with Crippen molar-refractivity contribution < 1.29 is 14.3 Å². The Kier molecular flexibility index (Phi) is 4.39. The van der Waals surface area contributed by atoms with Crippen LogP contribution in [0.4, 0.5) is 4.79 Å². The molecular weight excluding hydrogens is 242 g/mol. The molecule has 1 N–H and O–H groups in total. The molecule has 2 atom stereocenters. The van der Waals surface area contributed by atoms with Crippen LogP contribution < -0.4 is 5.32 Å². The van der Waals surface area contributed by atoms with Crippen molar-refractivity contribution in [2.45, 2.75) is 70.5 Å². The second-order valence-corrected chi connectivity index (χ2v) is 6.87. The predicted octanol–water partition coefficient (Wildman–Crippen LogP) is 3.25. The fourth-order valence-corrected chi connectivity index (χ4v) is 3.02. The fourth-order valence-electron chi connectivity index (χ4n) is 3.02. The highest BCUT2D eigenvalue weighted by atomic mass is 16.6. The van der Waals surface area contributed by atoms with E-state index in [4.69, 9.17) is 9.47 Å². The molecule has 1 saturated heterocycles. The van der Waals surface area contributed by atoms with Crippen molar-refractivity contribution >= 4 is 6.09 Å². The zero-order valence-corrected chi connectivity index (χ0v) is 12.5. The van der Waals surface area contributed by atoms with Crippen LogP contribution in [0.15, 0.2) is 0 Å². The largest absolute Gasteiger partial charge is 0.444 e. The number of hydrogen-bond acceptors (Lipinski definition) is 3. The maximum Gasteiger partial charge on any atom is 0.407 e. The molecule has 110 valence electrons. The van der Waals surface area contributed by atoms with E-state index >= 15 is 0 Å². The molecule has 1 saturated carbocycles. The van der Waals surface area contributed by atoms with Gasteiger partial charge in [-0.1, -0.05) is 12.8 Å². The van der Waals surface area contributed by atoms with E-state index in [9.17, 15) is 4.79 Å². The summed E-state index contributed by atoms with van der Waals surface area (Å²) >= 11 is 0. The Bertz CT molecular complexity index is 318. The topological polar surface area (TPSA) is 50.9 Å². The number of carbonyl (C=O) groups is 1. The minimum Gasteiger partial charge on any atom is -0.444 e. The molecule has 4 nitrogen and oxygen atoms in total. The Morgan fingerprint density at radius 3 is 2.79 bits per heavy atom. The van der Waals surface area contributed by atoms with Gasteiger partial charge in [0.25, 0.3) is 0 Å². The van der Waals surface area contributed by atoms with E-state index in [0.29, 0.717) is 12.5 Å². The van der Waals surface area contributed by atoms with Gasteiger partial charge in [-0.3, -0.25) is 0 Å². The number of ether oxygens (including phenoxy) is 2. The lowest BCUT2D eigenvalue weighted by atomic mass is 9.77. The molecule has 1 heterocycles. The summed E-state index contributed by atoms with van der Waals surface area (Å²) in [6.07, 6.45) is 7.00. The molecule has 0 aromatic rings. The smallest absolute Gasteiger partial charge is 0.407 e. The first-order valence-corrected chi connectivity index (χ1v) is 7.52. The lowest BCUT2D eigenvalue weighted by molar-refractivity contribution is 0.0525. The highest BCUT2D eigenvalue weighted by Crippen LogP contribution is 2.47. The van der Waals surface area contributed by atoms with E-state index in [1.54, 1.807) is 0 Å². The average Bonchev–Trinajstić information content (AvgIpc) is 3.05. The standard InChI is InChI=1S/C15H27NO3/c1-14(2,3)19-13(17)16-10-6-8-12-7-4-5-9-15(12)11-18-15/h12H,4-11H2,1-3H3,(H,16,17). The van der Waals surface area contributed by atoms with Crippen LogP contribution in [0.3, 0.4) is 0 Å². The van der Waals surface area contributed by atoms with Gasteiger partial charge in [0.15, 0.2) is 0 Å². The van der Waals surface area contributed by atoms with E-state index < -0.39 is 5.60 Å². The SMILES string of the molecule is CC(C)(C)OC(=O)NCCCC1CCCCC12CO2. The summed E-state index contributed by atoms with van der Waals surface area (Å²) in [6.45, 7) is 7.28. The minimum atomic E-state index is -0.417. The van der Waals surface area contributed by atoms with E-state index in [1.165, 1.54) is 25.7 Å². The van der Waals surface area contributed by atoms with Crippen LogP contribution in [0.5, 0.6) is 0 Å². The lowest BCUT2D eigenvalue weighted by Crippen LogP contribution is -2.34. The average molecular weight is 269 g/mol. The Labute approximate surface area is 116 Å². The molecule has 0 radical (unpaired) electrons. The quantitative estimate of drug-likeness (QED) is 0.629. The summed E-state index contributed by atoms with van der Waals surface area (Å²) in [6, 6.07) is 0. The molecule has 4 heteroatoms. The van der Waals surface area contributed by atoms with Crippen LogP contribution in [0, 0.1) is 5.92 Å². The minimum absolute atomic E-state index is 0.226. The lowest BCUT2D eigenvalue weighted by Gasteiger charge is -2.28. The summed E-state index contributed by atoms with van der Waals surface area (Å²) in [5.41, 5.74) is -0.191. The third-order valence-corrected chi connectivity index (χ3v) is 4.06. The summed E-state index contributed by atoms with van der Waals surface area (Å²) < 4.78 is 10.9. The molecule has 0 aromatic heterocycles. The molecule has 2 fully saturated rings. The summed E-state index contributed by atoms with van der Waals surface area (Å²) in [5.74, 6) is 0.696. The van der Waals surface area contributed by atoms with Gasteiger partial charge in [0.1, 0.15) is 5.60 Å². The molecule has 1 aliphatic heterocycles. The van der Waals surface area contributed by atoms with Crippen molar-refractivity contribution in [2.24, 2.45) is 5.92 Å². The van der Waals surface area contributed by atoms with E-state index in [0.717, 1.165) is 19.4 Å². The van der Waals surface area contributed by atoms with Gasteiger partial charge in [0.05, 0.1) is 12.2 Å². The molecule has 2 unspecified atom stereocenters. The number of hydrogen-bond donors (Lipinski definition) is 1. The second kappa shape index (κ2) is 5.70. The highest BCUT2D eigenvalue weighted by Gasteiger charge is 2.51. The number of nitrogens with one attached hydrogen (secondary N) is 1. The first kappa shape index (κ1) is 14.6. The van der Waals surface area contributed by atoms with E-state index in [2.05, 4.69) is 5.32 Å². The monoisotopic (exact) mass is 269 g/mol. The van der Waals surface area contributed by atoms with Gasteiger partial charge in [-0.25, -0.2) is 4.79 Å². The van der Waals surface area contributed by atoms with Crippen LogP contribution in [0.1, 0.15) is 59.3 Å². The Balaban J connectivity index is 1.60. The van der Waals surface area contributed by atoms with Crippen molar-refractivity contribution in [1.82, 2.24) is 5.32 Å². The summed E-state index contributed by atoms with van der Waals surface area (Å²) in [4.78, 5) is 11.5. The van der Waals surface area contributed by atoms with Gasteiger partial charge >= 0.3 is 6.09 Å².